The van der Waals surface area contributed by atoms with Gasteiger partial charge in [0.15, 0.2) is 0 Å². The number of rotatable bonds is 3. The average Bonchev–Trinajstić information content (AvgIpc) is 3.00. The number of fused-ring (bicyclic) bond motifs is 1. The molecule has 0 radical (unpaired) electrons. The molecule has 1 saturated carbocycles. The van der Waals surface area contributed by atoms with E-state index < -0.39 is 34.5 Å². The molecule has 1 aromatic heterocycles. The van der Waals surface area contributed by atoms with Gasteiger partial charge in [0, 0.05) is 5.56 Å². The van der Waals surface area contributed by atoms with Crippen molar-refractivity contribution in [3.05, 3.63) is 11.3 Å². The molecule has 12 heteroatoms. The maximum Gasteiger partial charge on any atom is 0.436 e. The average molecular weight is 437 g/mol. The molecule has 2 amide bonds. The Morgan fingerprint density at radius 1 is 1.28 bits per heavy atom. The highest BCUT2D eigenvalue weighted by Gasteiger charge is 2.63. The first-order valence-corrected chi connectivity index (χ1v) is 9.39. The third kappa shape index (κ3) is 3.15. The van der Waals surface area contributed by atoms with E-state index in [4.69, 9.17) is 16.3 Å². The summed E-state index contributed by atoms with van der Waals surface area (Å²) in [7, 11) is 0. The van der Waals surface area contributed by atoms with Crippen LogP contribution in [0, 0.1) is 5.41 Å². The van der Waals surface area contributed by atoms with Gasteiger partial charge in [-0.2, -0.15) is 18.3 Å². The Morgan fingerprint density at radius 3 is 2.34 bits per heavy atom. The first-order chi connectivity index (χ1) is 13.4. The van der Waals surface area contributed by atoms with E-state index in [1.54, 1.807) is 20.8 Å². The fraction of sp³-hybridized carbons (Fsp3) is 0.647. The molecule has 8 nitrogen and oxygen atoms in total. The number of ether oxygens (including phenoxy) is 1. The summed E-state index contributed by atoms with van der Waals surface area (Å²) in [5.74, 6) is -1.51. The molecular weight excluding hydrogens is 417 g/mol. The zero-order valence-electron chi connectivity index (χ0n) is 16.0. The fourth-order valence-corrected chi connectivity index (χ4v) is 3.97. The second-order valence-corrected chi connectivity index (χ2v) is 7.90. The van der Waals surface area contributed by atoms with E-state index in [0.717, 1.165) is 4.68 Å². The zero-order valence-corrected chi connectivity index (χ0v) is 16.8. The highest BCUT2D eigenvalue weighted by Crippen LogP contribution is 2.54. The summed E-state index contributed by atoms with van der Waals surface area (Å²) in [6.45, 7) is 4.67. The van der Waals surface area contributed by atoms with E-state index >= 15 is 0 Å². The van der Waals surface area contributed by atoms with E-state index in [1.807, 2.05) is 0 Å². The lowest BCUT2D eigenvalue weighted by Gasteiger charge is -2.41. The van der Waals surface area contributed by atoms with E-state index in [-0.39, 0.29) is 49.5 Å². The Balaban J connectivity index is 2.05. The Morgan fingerprint density at radius 2 is 1.90 bits per heavy atom. The normalized spacial score (nSPS) is 19.3. The van der Waals surface area contributed by atoms with Crippen LogP contribution in [0.3, 0.4) is 0 Å². The number of aromatic nitrogens is 2. The summed E-state index contributed by atoms with van der Waals surface area (Å²) in [6, 6.07) is 0. The predicted molar refractivity (Wildman–Crippen MR) is 95.4 cm³/mol. The number of carbonyl (C=O) groups is 3. The van der Waals surface area contributed by atoms with Crippen molar-refractivity contribution in [1.29, 1.82) is 0 Å². The topological polar surface area (TPSA) is 93.5 Å². The van der Waals surface area contributed by atoms with Crippen molar-refractivity contribution < 1.29 is 32.3 Å². The van der Waals surface area contributed by atoms with Crippen molar-refractivity contribution in [3.63, 3.8) is 0 Å². The van der Waals surface area contributed by atoms with Gasteiger partial charge in [-0.25, -0.2) is 4.79 Å². The molecule has 0 atom stereocenters. The maximum atomic E-state index is 13.5. The Hall–Kier alpha value is -2.30. The molecule has 1 N–H and O–H groups in total. The van der Waals surface area contributed by atoms with Crippen LogP contribution in [0.1, 0.15) is 51.3 Å². The Kier molecular flexibility index (Phi) is 5.09. The number of hydrogen-bond acceptors (Lipinski definition) is 5. The molecule has 29 heavy (non-hydrogen) atoms. The van der Waals surface area contributed by atoms with Crippen LogP contribution in [0.5, 0.6) is 0 Å². The molecule has 0 aromatic carbocycles. The highest BCUT2D eigenvalue weighted by molar-refractivity contribution is 6.62. The summed E-state index contributed by atoms with van der Waals surface area (Å²) >= 11 is 5.61. The quantitative estimate of drug-likeness (QED) is 0.571. The summed E-state index contributed by atoms with van der Waals surface area (Å²) in [5, 5.41) is 5.57. The van der Waals surface area contributed by atoms with Crippen molar-refractivity contribution in [3.8, 4) is 0 Å². The van der Waals surface area contributed by atoms with Crippen LogP contribution in [0.4, 0.5) is 28.6 Å². The minimum atomic E-state index is -4.73. The molecule has 1 aromatic rings. The van der Waals surface area contributed by atoms with Gasteiger partial charge in [0.25, 0.3) is 0 Å². The maximum absolute atomic E-state index is 13.5. The van der Waals surface area contributed by atoms with Crippen molar-refractivity contribution in [2.45, 2.75) is 58.3 Å². The predicted octanol–water partition coefficient (Wildman–Crippen LogP) is 3.97. The number of anilines is 1. The third-order valence-corrected chi connectivity index (χ3v) is 5.83. The Bertz CT molecular complexity index is 877. The number of hydrogen-bond donors (Lipinski definition) is 1. The molecular formula is C17H20ClF3N4O4. The lowest BCUT2D eigenvalue weighted by Crippen LogP contribution is -2.53. The van der Waals surface area contributed by atoms with Crippen LogP contribution in [0.2, 0.25) is 0 Å². The summed E-state index contributed by atoms with van der Waals surface area (Å²) in [4.78, 5) is 37.9. The van der Waals surface area contributed by atoms with Gasteiger partial charge in [-0.3, -0.25) is 9.59 Å². The molecule has 1 aliphatic heterocycles. The standard InChI is InChI=1S/C17H20ClF3N4O4/c1-4-29-14(28)25-11(22-12(26)16(6-5-7-16)17(19,20)21)9-8-24(13(18)27)15(2,3)10(9)23-25/h4-8H2,1-3H3,(H,22,26). The van der Waals surface area contributed by atoms with Gasteiger partial charge in [0.05, 0.1) is 24.4 Å². The van der Waals surface area contributed by atoms with Crippen molar-refractivity contribution in [2.24, 2.45) is 5.41 Å². The first-order valence-electron chi connectivity index (χ1n) is 9.01. The van der Waals surface area contributed by atoms with Gasteiger partial charge in [0.1, 0.15) is 11.2 Å². The number of carbonyl (C=O) groups excluding carboxylic acids is 3. The summed E-state index contributed by atoms with van der Waals surface area (Å²) < 4.78 is 46.2. The fourth-order valence-electron chi connectivity index (χ4n) is 3.70. The Labute approximate surface area is 169 Å². The van der Waals surface area contributed by atoms with Crippen LogP contribution < -0.4 is 5.32 Å². The second-order valence-electron chi connectivity index (χ2n) is 7.57. The van der Waals surface area contributed by atoms with Gasteiger partial charge in [-0.1, -0.05) is 6.42 Å². The van der Waals surface area contributed by atoms with Gasteiger partial charge < -0.3 is 15.0 Å². The van der Waals surface area contributed by atoms with Crippen LogP contribution in [0.15, 0.2) is 0 Å². The van der Waals surface area contributed by atoms with E-state index in [1.165, 1.54) is 4.90 Å². The molecule has 0 unspecified atom stereocenters. The van der Waals surface area contributed by atoms with Gasteiger partial charge in [-0.15, -0.1) is 4.68 Å². The molecule has 0 spiro atoms. The highest BCUT2D eigenvalue weighted by atomic mass is 35.5. The smallest absolute Gasteiger partial charge is 0.436 e. The molecule has 0 saturated heterocycles. The first kappa shape index (κ1) is 21.4. The monoisotopic (exact) mass is 436 g/mol. The van der Waals surface area contributed by atoms with Crippen LogP contribution in [-0.4, -0.2) is 44.8 Å². The summed E-state index contributed by atoms with van der Waals surface area (Å²) in [6.07, 6.45) is -6.09. The van der Waals surface area contributed by atoms with Gasteiger partial charge >= 0.3 is 17.6 Å². The number of amides is 2. The minimum absolute atomic E-state index is 0.00107. The molecule has 3 rings (SSSR count). The van der Waals surface area contributed by atoms with E-state index in [2.05, 4.69) is 10.4 Å². The molecule has 1 fully saturated rings. The van der Waals surface area contributed by atoms with Crippen LogP contribution in [0.25, 0.3) is 0 Å². The van der Waals surface area contributed by atoms with Crippen molar-refractivity contribution >= 4 is 34.8 Å². The molecule has 1 aliphatic carbocycles. The van der Waals surface area contributed by atoms with Crippen molar-refractivity contribution in [1.82, 2.24) is 14.7 Å². The number of nitrogens with one attached hydrogen (secondary N) is 1. The molecule has 0 bridgehead atoms. The number of nitrogens with zero attached hydrogens (tertiary/aromatic N) is 3. The molecule has 2 aliphatic rings. The van der Waals surface area contributed by atoms with E-state index in [0.29, 0.717) is 0 Å². The van der Waals surface area contributed by atoms with Gasteiger partial charge in [-0.05, 0) is 45.2 Å². The zero-order chi connectivity index (χ0) is 21.8. The van der Waals surface area contributed by atoms with Gasteiger partial charge in [0.2, 0.25) is 5.91 Å². The number of alkyl halides is 3. The summed E-state index contributed by atoms with van der Waals surface area (Å²) in [5.41, 5.74) is -3.07. The SMILES string of the molecule is CCOC(=O)n1nc2c(c1NC(=O)C1(C(F)(F)F)CCC1)CN(C(=O)Cl)C2(C)C. The minimum Gasteiger partial charge on any atom is -0.448 e. The van der Waals surface area contributed by atoms with E-state index in [9.17, 15) is 27.6 Å². The van der Waals surface area contributed by atoms with Crippen LogP contribution in [-0.2, 0) is 21.6 Å². The van der Waals surface area contributed by atoms with Crippen LogP contribution >= 0.6 is 11.6 Å². The van der Waals surface area contributed by atoms with Crippen molar-refractivity contribution in [2.75, 3.05) is 11.9 Å². The molecule has 2 heterocycles. The number of halogens is 4. The second kappa shape index (κ2) is 6.89. The lowest BCUT2D eigenvalue weighted by atomic mass is 9.67. The largest absolute Gasteiger partial charge is 0.448 e. The molecule has 160 valence electrons. The third-order valence-electron chi connectivity index (χ3n) is 5.62. The lowest BCUT2D eigenvalue weighted by molar-refractivity contribution is -0.240.